The SMILES string of the molecule is COc1ccc(/C(O)=C2\C(=O)C(=O)N(c3nc4cc(C)c(C)cc4[nH]3)C2c2ccc(N(C)C)cc2)c(OC)c1. The molecule has 1 saturated heterocycles. The van der Waals surface area contributed by atoms with Gasteiger partial charge in [-0.2, -0.15) is 0 Å². The number of aromatic amines is 1. The highest BCUT2D eigenvalue weighted by Gasteiger charge is 2.48. The predicted molar refractivity (Wildman–Crippen MR) is 151 cm³/mol. The summed E-state index contributed by atoms with van der Waals surface area (Å²) in [5, 5.41) is 11.6. The van der Waals surface area contributed by atoms with Crippen molar-refractivity contribution in [3.63, 3.8) is 0 Å². The number of fused-ring (bicyclic) bond motifs is 1. The maximum atomic E-state index is 13.6. The Hall–Kier alpha value is -4.79. The first-order chi connectivity index (χ1) is 18.6. The summed E-state index contributed by atoms with van der Waals surface area (Å²) in [6.07, 6.45) is 0. The van der Waals surface area contributed by atoms with Crippen LogP contribution in [0, 0.1) is 13.8 Å². The minimum absolute atomic E-state index is 0.0612. The van der Waals surface area contributed by atoms with Crippen molar-refractivity contribution in [2.45, 2.75) is 19.9 Å². The molecular weight excluding hydrogens is 496 g/mol. The van der Waals surface area contributed by atoms with Gasteiger partial charge in [0.25, 0.3) is 5.78 Å². The van der Waals surface area contributed by atoms with E-state index in [0.717, 1.165) is 22.3 Å². The van der Waals surface area contributed by atoms with Gasteiger partial charge in [0.05, 0.1) is 42.4 Å². The Balaban J connectivity index is 1.74. The van der Waals surface area contributed by atoms with Crippen molar-refractivity contribution < 1.29 is 24.2 Å². The number of carbonyl (C=O) groups is 2. The van der Waals surface area contributed by atoms with Gasteiger partial charge >= 0.3 is 5.91 Å². The standard InChI is InChI=1S/C30H30N4O5/c1-16-13-22-23(14-17(16)2)32-30(31-22)34-26(18-7-9-19(10-8-18)33(3)4)25(28(36)29(34)37)27(35)21-12-11-20(38-5)15-24(21)39-6/h7-15,26,35H,1-6H3,(H,31,32)/b27-25+. The summed E-state index contributed by atoms with van der Waals surface area (Å²) >= 11 is 0. The number of ether oxygens (including phenoxy) is 2. The van der Waals surface area contributed by atoms with Crippen molar-refractivity contribution in [2.75, 3.05) is 38.1 Å². The Labute approximate surface area is 226 Å². The monoisotopic (exact) mass is 526 g/mol. The average molecular weight is 527 g/mol. The molecule has 200 valence electrons. The molecule has 0 bridgehead atoms. The molecule has 2 N–H and O–H groups in total. The summed E-state index contributed by atoms with van der Waals surface area (Å²) in [5.41, 5.74) is 5.34. The molecule has 0 radical (unpaired) electrons. The van der Waals surface area contributed by atoms with E-state index in [-0.39, 0.29) is 22.8 Å². The summed E-state index contributed by atoms with van der Waals surface area (Å²) < 4.78 is 10.8. The highest BCUT2D eigenvalue weighted by Crippen LogP contribution is 2.43. The van der Waals surface area contributed by atoms with E-state index in [0.29, 0.717) is 22.6 Å². The number of nitrogens with zero attached hydrogens (tertiary/aromatic N) is 3. The molecule has 0 saturated carbocycles. The number of hydrogen-bond acceptors (Lipinski definition) is 7. The molecule has 1 fully saturated rings. The van der Waals surface area contributed by atoms with Crippen LogP contribution in [0.25, 0.3) is 16.8 Å². The number of carbonyl (C=O) groups excluding carboxylic acids is 2. The van der Waals surface area contributed by atoms with Crippen molar-refractivity contribution >= 4 is 40.1 Å². The number of imidazole rings is 1. The second kappa shape index (κ2) is 9.83. The second-order valence-corrected chi connectivity index (χ2v) is 9.74. The van der Waals surface area contributed by atoms with Crippen molar-refractivity contribution in [3.05, 3.63) is 82.4 Å². The molecule has 39 heavy (non-hydrogen) atoms. The van der Waals surface area contributed by atoms with E-state index in [4.69, 9.17) is 9.47 Å². The molecule has 1 aliphatic rings. The predicted octanol–water partition coefficient (Wildman–Crippen LogP) is 4.89. The number of rotatable bonds is 6. The number of hydrogen-bond donors (Lipinski definition) is 2. The fourth-order valence-corrected chi connectivity index (χ4v) is 4.83. The van der Waals surface area contributed by atoms with E-state index in [9.17, 15) is 14.7 Å². The van der Waals surface area contributed by atoms with Crippen LogP contribution in [0.3, 0.4) is 0 Å². The van der Waals surface area contributed by atoms with E-state index in [1.165, 1.54) is 19.1 Å². The van der Waals surface area contributed by atoms with Gasteiger partial charge in [0.2, 0.25) is 5.95 Å². The molecular formula is C30H30N4O5. The van der Waals surface area contributed by atoms with E-state index < -0.39 is 17.7 Å². The zero-order valence-corrected chi connectivity index (χ0v) is 22.7. The zero-order valence-electron chi connectivity index (χ0n) is 22.7. The number of benzene rings is 3. The number of aliphatic hydroxyl groups excluding tert-OH is 1. The van der Waals surface area contributed by atoms with Gasteiger partial charge in [0.1, 0.15) is 17.3 Å². The highest BCUT2D eigenvalue weighted by molar-refractivity contribution is 6.51. The first kappa shape index (κ1) is 25.8. The van der Waals surface area contributed by atoms with Gasteiger partial charge in [-0.15, -0.1) is 0 Å². The maximum absolute atomic E-state index is 13.6. The van der Waals surface area contributed by atoms with E-state index >= 15 is 0 Å². The summed E-state index contributed by atoms with van der Waals surface area (Å²) in [6, 6.07) is 15.3. The quantitative estimate of drug-likeness (QED) is 0.209. The first-order valence-corrected chi connectivity index (χ1v) is 12.4. The van der Waals surface area contributed by atoms with Gasteiger partial charge in [-0.05, 0) is 66.9 Å². The van der Waals surface area contributed by atoms with Crippen molar-refractivity contribution in [1.82, 2.24) is 9.97 Å². The smallest absolute Gasteiger partial charge is 0.302 e. The normalized spacial score (nSPS) is 16.7. The number of aliphatic hydroxyl groups is 1. The lowest BCUT2D eigenvalue weighted by Gasteiger charge is -2.24. The van der Waals surface area contributed by atoms with Gasteiger partial charge in [0, 0.05) is 25.8 Å². The number of methoxy groups -OCH3 is 2. The zero-order chi connectivity index (χ0) is 28.0. The van der Waals surface area contributed by atoms with Gasteiger partial charge in [-0.3, -0.25) is 14.5 Å². The topological polar surface area (TPSA) is 108 Å². The van der Waals surface area contributed by atoms with Crippen LogP contribution in [-0.4, -0.2) is 55.1 Å². The third-order valence-electron chi connectivity index (χ3n) is 7.15. The number of aryl methyl sites for hydroxylation is 2. The van der Waals surface area contributed by atoms with Crippen LogP contribution in [-0.2, 0) is 9.59 Å². The van der Waals surface area contributed by atoms with Crippen molar-refractivity contribution in [1.29, 1.82) is 0 Å². The van der Waals surface area contributed by atoms with Crippen molar-refractivity contribution in [2.24, 2.45) is 0 Å². The van der Waals surface area contributed by atoms with Crippen LogP contribution in [0.4, 0.5) is 11.6 Å². The van der Waals surface area contributed by atoms with Crippen LogP contribution in [0.1, 0.15) is 28.3 Å². The maximum Gasteiger partial charge on any atom is 0.302 e. The van der Waals surface area contributed by atoms with Crippen LogP contribution in [0.15, 0.2) is 60.2 Å². The number of aromatic nitrogens is 2. The number of nitrogens with one attached hydrogen (secondary N) is 1. The minimum atomic E-state index is -0.934. The van der Waals surface area contributed by atoms with Gasteiger partial charge in [-0.1, -0.05) is 12.1 Å². The third-order valence-corrected chi connectivity index (χ3v) is 7.15. The molecule has 1 atom stereocenters. The average Bonchev–Trinajstić information content (AvgIpc) is 3.45. The Bertz CT molecular complexity index is 1600. The fourth-order valence-electron chi connectivity index (χ4n) is 4.83. The molecule has 3 aromatic carbocycles. The molecule has 0 spiro atoms. The molecule has 9 heteroatoms. The molecule has 1 unspecified atom stereocenters. The molecule has 5 rings (SSSR count). The van der Waals surface area contributed by atoms with E-state index in [1.54, 1.807) is 18.2 Å². The summed E-state index contributed by atoms with van der Waals surface area (Å²) in [4.78, 5) is 38.3. The van der Waals surface area contributed by atoms with Crippen LogP contribution >= 0.6 is 0 Å². The number of amides is 1. The lowest BCUT2D eigenvalue weighted by Crippen LogP contribution is -2.30. The van der Waals surface area contributed by atoms with Gasteiger partial charge in [0.15, 0.2) is 0 Å². The van der Waals surface area contributed by atoms with Crippen LogP contribution in [0.5, 0.6) is 11.5 Å². The Kier molecular flexibility index (Phi) is 6.51. The van der Waals surface area contributed by atoms with E-state index in [1.807, 2.05) is 69.2 Å². The largest absolute Gasteiger partial charge is 0.507 e. The lowest BCUT2D eigenvalue weighted by atomic mass is 9.95. The van der Waals surface area contributed by atoms with Gasteiger partial charge < -0.3 is 24.5 Å². The van der Waals surface area contributed by atoms with Gasteiger partial charge in [-0.25, -0.2) is 4.98 Å². The number of H-pyrrole nitrogens is 1. The Morgan fingerprint density at radius 1 is 0.974 bits per heavy atom. The summed E-state index contributed by atoms with van der Waals surface area (Å²) in [7, 11) is 6.83. The lowest BCUT2D eigenvalue weighted by molar-refractivity contribution is -0.132. The first-order valence-electron chi connectivity index (χ1n) is 12.4. The number of anilines is 2. The fraction of sp³-hybridized carbons (Fsp3) is 0.233. The highest BCUT2D eigenvalue weighted by atomic mass is 16.5. The number of Topliss-reactive ketones (excluding diaryl/α,β-unsaturated/α-hetero) is 1. The molecule has 2 heterocycles. The molecule has 1 aliphatic heterocycles. The second-order valence-electron chi connectivity index (χ2n) is 9.74. The minimum Gasteiger partial charge on any atom is -0.507 e. The summed E-state index contributed by atoms with van der Waals surface area (Å²) in [6.45, 7) is 3.99. The van der Waals surface area contributed by atoms with Crippen molar-refractivity contribution in [3.8, 4) is 11.5 Å². The third kappa shape index (κ3) is 4.35. The summed E-state index contributed by atoms with van der Waals surface area (Å²) in [5.74, 6) is -0.917. The molecule has 1 aromatic heterocycles. The van der Waals surface area contributed by atoms with Crippen LogP contribution in [0.2, 0.25) is 0 Å². The number of ketones is 1. The molecule has 9 nitrogen and oxygen atoms in total. The molecule has 1 amide bonds. The molecule has 0 aliphatic carbocycles. The Morgan fingerprint density at radius 2 is 1.67 bits per heavy atom. The Morgan fingerprint density at radius 3 is 2.31 bits per heavy atom. The molecule has 4 aromatic rings. The van der Waals surface area contributed by atoms with E-state index in [2.05, 4.69) is 9.97 Å². The van der Waals surface area contributed by atoms with Crippen LogP contribution < -0.4 is 19.3 Å².